The SMILES string of the molecule is CCC(=O)N1C[C@H]2[C@H](C1)n1cccc1C(=O)N2Cc1ccccc1. The summed E-state index contributed by atoms with van der Waals surface area (Å²) in [6.45, 7) is 3.77. The maximum atomic E-state index is 13.0. The number of carbonyl (C=O) groups is 2. The van der Waals surface area contributed by atoms with Gasteiger partial charge in [-0.15, -0.1) is 0 Å². The van der Waals surface area contributed by atoms with Gasteiger partial charge in [0.25, 0.3) is 5.91 Å². The fourth-order valence-corrected chi connectivity index (χ4v) is 3.91. The van der Waals surface area contributed by atoms with Crippen LogP contribution in [0.5, 0.6) is 0 Å². The van der Waals surface area contributed by atoms with E-state index < -0.39 is 0 Å². The zero-order valence-electron chi connectivity index (χ0n) is 13.8. The molecule has 5 nitrogen and oxygen atoms in total. The molecule has 124 valence electrons. The Morgan fingerprint density at radius 3 is 2.58 bits per heavy atom. The molecule has 0 N–H and O–H groups in total. The Labute approximate surface area is 141 Å². The van der Waals surface area contributed by atoms with Gasteiger partial charge in [0.2, 0.25) is 5.91 Å². The maximum absolute atomic E-state index is 13.0. The smallest absolute Gasteiger partial charge is 0.271 e. The van der Waals surface area contributed by atoms with Gasteiger partial charge in [-0.3, -0.25) is 9.59 Å². The normalized spacial score (nSPS) is 22.5. The van der Waals surface area contributed by atoms with E-state index in [1.807, 2.05) is 65.4 Å². The molecule has 3 heterocycles. The van der Waals surface area contributed by atoms with Gasteiger partial charge in [0.05, 0.1) is 12.1 Å². The minimum Gasteiger partial charge on any atom is -0.338 e. The second-order valence-corrected chi connectivity index (χ2v) is 6.51. The molecule has 4 rings (SSSR count). The van der Waals surface area contributed by atoms with Crippen molar-refractivity contribution >= 4 is 11.8 Å². The van der Waals surface area contributed by atoms with Gasteiger partial charge in [0, 0.05) is 32.3 Å². The van der Waals surface area contributed by atoms with Crippen molar-refractivity contribution in [1.29, 1.82) is 0 Å². The Morgan fingerprint density at radius 2 is 1.83 bits per heavy atom. The molecule has 2 aromatic rings. The molecule has 2 aliphatic heterocycles. The molecule has 24 heavy (non-hydrogen) atoms. The molecular formula is C19H21N3O2. The van der Waals surface area contributed by atoms with E-state index in [4.69, 9.17) is 0 Å². The molecule has 0 aliphatic carbocycles. The number of hydrogen-bond donors (Lipinski definition) is 0. The van der Waals surface area contributed by atoms with Crippen LogP contribution in [0.2, 0.25) is 0 Å². The van der Waals surface area contributed by atoms with Crippen LogP contribution < -0.4 is 0 Å². The first-order chi connectivity index (χ1) is 11.7. The molecule has 5 heteroatoms. The van der Waals surface area contributed by atoms with Gasteiger partial charge in [-0.25, -0.2) is 0 Å². The van der Waals surface area contributed by atoms with Crippen molar-refractivity contribution in [1.82, 2.24) is 14.4 Å². The monoisotopic (exact) mass is 323 g/mol. The minimum atomic E-state index is 0.0353. The van der Waals surface area contributed by atoms with Gasteiger partial charge < -0.3 is 14.4 Å². The van der Waals surface area contributed by atoms with E-state index in [0.717, 1.165) is 11.3 Å². The number of hydrogen-bond acceptors (Lipinski definition) is 2. The molecule has 1 saturated heterocycles. The summed E-state index contributed by atoms with van der Waals surface area (Å²) in [6, 6.07) is 14.0. The number of rotatable bonds is 3. The third-order valence-electron chi connectivity index (χ3n) is 5.13. The van der Waals surface area contributed by atoms with Gasteiger partial charge in [-0.05, 0) is 17.7 Å². The Kier molecular flexibility index (Phi) is 3.63. The van der Waals surface area contributed by atoms with Crippen LogP contribution in [-0.4, -0.2) is 45.3 Å². The molecule has 1 aromatic heterocycles. The van der Waals surface area contributed by atoms with E-state index in [1.54, 1.807) is 0 Å². The molecule has 2 atom stereocenters. The molecule has 0 bridgehead atoms. The molecule has 1 aromatic carbocycles. The fourth-order valence-electron chi connectivity index (χ4n) is 3.91. The van der Waals surface area contributed by atoms with E-state index in [9.17, 15) is 9.59 Å². The summed E-state index contributed by atoms with van der Waals surface area (Å²) in [5.41, 5.74) is 1.84. The summed E-state index contributed by atoms with van der Waals surface area (Å²) < 4.78 is 2.05. The van der Waals surface area contributed by atoms with E-state index in [2.05, 4.69) is 4.57 Å². The quantitative estimate of drug-likeness (QED) is 0.870. The predicted molar refractivity (Wildman–Crippen MR) is 90.4 cm³/mol. The highest BCUT2D eigenvalue weighted by atomic mass is 16.2. The average molecular weight is 323 g/mol. The standard InChI is InChI=1S/C19H21N3O2/c1-2-18(23)20-12-16-17(13-20)22(11-14-7-4-3-5-8-14)19(24)15-9-6-10-21(15)16/h3-10,16-17H,2,11-13H2,1H3/t16-,17-/m0/s1. The number of amides is 2. The maximum Gasteiger partial charge on any atom is 0.271 e. The van der Waals surface area contributed by atoms with Crippen LogP contribution in [0.4, 0.5) is 0 Å². The van der Waals surface area contributed by atoms with Crippen molar-refractivity contribution in [2.45, 2.75) is 32.0 Å². The Morgan fingerprint density at radius 1 is 1.08 bits per heavy atom. The Balaban J connectivity index is 1.69. The van der Waals surface area contributed by atoms with Crippen LogP contribution in [0, 0.1) is 0 Å². The van der Waals surface area contributed by atoms with Crippen LogP contribution in [0.3, 0.4) is 0 Å². The molecule has 2 aliphatic rings. The molecule has 1 fully saturated rings. The highest BCUT2D eigenvalue weighted by Gasteiger charge is 2.45. The van der Waals surface area contributed by atoms with E-state index in [1.165, 1.54) is 0 Å². The summed E-state index contributed by atoms with van der Waals surface area (Å²) in [6.07, 6.45) is 2.47. The zero-order valence-corrected chi connectivity index (χ0v) is 13.8. The lowest BCUT2D eigenvalue weighted by Gasteiger charge is -2.38. The zero-order chi connectivity index (χ0) is 16.7. The lowest BCUT2D eigenvalue weighted by Crippen LogP contribution is -2.49. The van der Waals surface area contributed by atoms with Crippen LogP contribution in [-0.2, 0) is 11.3 Å². The third-order valence-corrected chi connectivity index (χ3v) is 5.13. The van der Waals surface area contributed by atoms with Crippen molar-refractivity contribution < 1.29 is 9.59 Å². The van der Waals surface area contributed by atoms with Crippen LogP contribution in [0.25, 0.3) is 0 Å². The summed E-state index contributed by atoms with van der Waals surface area (Å²) in [7, 11) is 0. The fraction of sp³-hybridized carbons (Fsp3) is 0.368. The summed E-state index contributed by atoms with van der Waals surface area (Å²) >= 11 is 0. The first-order valence-electron chi connectivity index (χ1n) is 8.48. The average Bonchev–Trinajstić information content (AvgIpc) is 3.25. The largest absolute Gasteiger partial charge is 0.338 e. The third kappa shape index (κ3) is 2.31. The number of benzene rings is 1. The molecule has 0 saturated carbocycles. The first kappa shape index (κ1) is 15.0. The van der Waals surface area contributed by atoms with Crippen molar-refractivity contribution in [3.8, 4) is 0 Å². The summed E-state index contributed by atoms with van der Waals surface area (Å²) in [4.78, 5) is 29.0. The van der Waals surface area contributed by atoms with Gasteiger partial charge in [0.1, 0.15) is 5.69 Å². The summed E-state index contributed by atoms with van der Waals surface area (Å²) in [5, 5.41) is 0. The van der Waals surface area contributed by atoms with Crippen molar-refractivity contribution in [2.75, 3.05) is 13.1 Å². The van der Waals surface area contributed by atoms with Crippen molar-refractivity contribution in [3.05, 3.63) is 59.9 Å². The predicted octanol–water partition coefficient (Wildman–Crippen LogP) is 2.31. The van der Waals surface area contributed by atoms with Gasteiger partial charge >= 0.3 is 0 Å². The second kappa shape index (κ2) is 5.82. The highest BCUT2D eigenvalue weighted by Crippen LogP contribution is 2.34. The number of likely N-dealkylation sites (tertiary alicyclic amines) is 1. The van der Waals surface area contributed by atoms with Crippen molar-refractivity contribution in [2.24, 2.45) is 0 Å². The first-order valence-corrected chi connectivity index (χ1v) is 8.48. The van der Waals surface area contributed by atoms with Gasteiger partial charge in [-0.2, -0.15) is 0 Å². The Bertz CT molecular complexity index is 768. The lowest BCUT2D eigenvalue weighted by atomic mass is 10.0. The number of fused-ring (bicyclic) bond motifs is 3. The van der Waals surface area contributed by atoms with E-state index in [-0.39, 0.29) is 23.9 Å². The topological polar surface area (TPSA) is 45.6 Å². The van der Waals surface area contributed by atoms with Crippen LogP contribution >= 0.6 is 0 Å². The van der Waals surface area contributed by atoms with Crippen LogP contribution in [0.15, 0.2) is 48.7 Å². The molecular weight excluding hydrogens is 302 g/mol. The summed E-state index contributed by atoms with van der Waals surface area (Å²) in [5.74, 6) is 0.209. The molecule has 0 radical (unpaired) electrons. The van der Waals surface area contributed by atoms with E-state index >= 15 is 0 Å². The number of aromatic nitrogens is 1. The second-order valence-electron chi connectivity index (χ2n) is 6.51. The minimum absolute atomic E-state index is 0.0353. The number of nitrogens with zero attached hydrogens (tertiary/aromatic N) is 3. The molecule has 0 spiro atoms. The van der Waals surface area contributed by atoms with Crippen molar-refractivity contribution in [3.63, 3.8) is 0 Å². The molecule has 2 amide bonds. The lowest BCUT2D eigenvalue weighted by molar-refractivity contribution is -0.130. The number of carbonyl (C=O) groups excluding carboxylic acids is 2. The Hall–Kier alpha value is -2.56. The van der Waals surface area contributed by atoms with Crippen LogP contribution in [0.1, 0.15) is 35.4 Å². The van der Waals surface area contributed by atoms with E-state index in [0.29, 0.717) is 26.1 Å². The van der Waals surface area contributed by atoms with Gasteiger partial charge in [0.15, 0.2) is 0 Å². The highest BCUT2D eigenvalue weighted by molar-refractivity contribution is 5.94. The molecule has 0 unspecified atom stereocenters. The van der Waals surface area contributed by atoms with Gasteiger partial charge in [-0.1, -0.05) is 37.3 Å².